The van der Waals surface area contributed by atoms with Crippen LogP contribution in [0.3, 0.4) is 0 Å². The van der Waals surface area contributed by atoms with Crippen LogP contribution in [0.1, 0.15) is 29.8 Å². The summed E-state index contributed by atoms with van der Waals surface area (Å²) in [7, 11) is 1.84. The Bertz CT molecular complexity index is 1060. The molecule has 1 aliphatic heterocycles. The summed E-state index contributed by atoms with van der Waals surface area (Å²) in [4.78, 5) is 19.4. The standard InChI is InChI=1S/C20H24FN7OS/c1-27-20(28-9-4-5-12(22)8-10-28)15(11-24-27)25-18(29)16-17(23)30-19(26-16)13-6-2-3-7-14(13)21/h2-3,6-7,11-12H,4-5,8-10,22-23H2,1H3,(H,25,29)/t12-/m1/s1. The third-order valence-electron chi connectivity index (χ3n) is 5.20. The maximum absolute atomic E-state index is 14.1. The molecular weight excluding hydrogens is 405 g/mol. The van der Waals surface area contributed by atoms with Crippen LogP contribution in [-0.4, -0.2) is 39.8 Å². The topological polar surface area (TPSA) is 115 Å². The highest BCUT2D eigenvalue weighted by Crippen LogP contribution is 2.33. The van der Waals surface area contributed by atoms with Crippen LogP contribution in [0.4, 0.5) is 20.9 Å². The molecule has 1 atom stereocenters. The molecule has 158 valence electrons. The van der Waals surface area contributed by atoms with Crippen molar-refractivity contribution >= 4 is 33.8 Å². The molecule has 0 radical (unpaired) electrons. The molecular formula is C20H24FN7OS. The van der Waals surface area contributed by atoms with Crippen molar-refractivity contribution in [2.45, 2.75) is 25.3 Å². The van der Waals surface area contributed by atoms with Crippen LogP contribution >= 0.6 is 11.3 Å². The van der Waals surface area contributed by atoms with Crippen molar-refractivity contribution in [3.8, 4) is 10.6 Å². The van der Waals surface area contributed by atoms with Crippen molar-refractivity contribution in [1.29, 1.82) is 0 Å². The number of amides is 1. The number of nitrogens with zero attached hydrogens (tertiary/aromatic N) is 4. The van der Waals surface area contributed by atoms with Crippen molar-refractivity contribution in [3.63, 3.8) is 0 Å². The molecule has 0 spiro atoms. The van der Waals surface area contributed by atoms with Gasteiger partial charge in [-0.05, 0) is 31.4 Å². The predicted octanol–water partition coefficient (Wildman–Crippen LogP) is 2.83. The van der Waals surface area contributed by atoms with Gasteiger partial charge < -0.3 is 21.7 Å². The molecule has 0 aliphatic carbocycles. The van der Waals surface area contributed by atoms with E-state index in [-0.39, 0.29) is 16.7 Å². The molecule has 30 heavy (non-hydrogen) atoms. The van der Waals surface area contributed by atoms with Crippen LogP contribution in [0.5, 0.6) is 0 Å². The molecule has 10 heteroatoms. The van der Waals surface area contributed by atoms with E-state index in [4.69, 9.17) is 11.5 Å². The summed E-state index contributed by atoms with van der Waals surface area (Å²) < 4.78 is 15.8. The fourth-order valence-electron chi connectivity index (χ4n) is 3.65. The molecule has 4 rings (SSSR count). The number of aryl methyl sites for hydroxylation is 1. The zero-order valence-corrected chi connectivity index (χ0v) is 17.5. The van der Waals surface area contributed by atoms with E-state index in [1.54, 1.807) is 29.1 Å². The fraction of sp³-hybridized carbons (Fsp3) is 0.350. The van der Waals surface area contributed by atoms with E-state index in [0.717, 1.165) is 49.5 Å². The van der Waals surface area contributed by atoms with Gasteiger partial charge in [-0.15, -0.1) is 0 Å². The third kappa shape index (κ3) is 4.01. The Morgan fingerprint density at radius 3 is 2.90 bits per heavy atom. The fourth-order valence-corrected chi connectivity index (χ4v) is 4.51. The quantitative estimate of drug-likeness (QED) is 0.587. The number of nitrogens with two attached hydrogens (primary N) is 2. The van der Waals surface area contributed by atoms with E-state index in [2.05, 4.69) is 20.3 Å². The highest BCUT2D eigenvalue weighted by Gasteiger charge is 2.24. The number of carbonyl (C=O) groups is 1. The van der Waals surface area contributed by atoms with E-state index in [1.807, 2.05) is 7.05 Å². The van der Waals surface area contributed by atoms with Crippen molar-refractivity contribution in [3.05, 3.63) is 42.0 Å². The molecule has 0 bridgehead atoms. The Hall–Kier alpha value is -2.98. The number of benzene rings is 1. The lowest BCUT2D eigenvalue weighted by Crippen LogP contribution is -2.29. The number of aromatic nitrogens is 3. The smallest absolute Gasteiger partial charge is 0.277 e. The number of rotatable bonds is 4. The maximum atomic E-state index is 14.1. The van der Waals surface area contributed by atoms with Crippen LogP contribution < -0.4 is 21.7 Å². The molecule has 3 aromatic rings. The van der Waals surface area contributed by atoms with Gasteiger partial charge in [0, 0.05) is 31.7 Å². The highest BCUT2D eigenvalue weighted by molar-refractivity contribution is 7.19. The molecule has 1 amide bonds. The number of thiazole rings is 1. The molecule has 1 aromatic carbocycles. The second-order valence-corrected chi connectivity index (χ2v) is 8.38. The van der Waals surface area contributed by atoms with Gasteiger partial charge >= 0.3 is 0 Å². The molecule has 3 heterocycles. The van der Waals surface area contributed by atoms with Gasteiger partial charge in [-0.1, -0.05) is 23.5 Å². The molecule has 1 aliphatic rings. The minimum absolute atomic E-state index is 0.0749. The number of carbonyl (C=O) groups excluding carboxylic acids is 1. The number of hydrogen-bond donors (Lipinski definition) is 3. The van der Waals surface area contributed by atoms with E-state index in [0.29, 0.717) is 16.3 Å². The van der Waals surface area contributed by atoms with Crippen LogP contribution in [0.2, 0.25) is 0 Å². The number of anilines is 3. The summed E-state index contributed by atoms with van der Waals surface area (Å²) in [5.74, 6) is -0.0418. The second kappa shape index (κ2) is 8.41. The molecule has 0 saturated carbocycles. The summed E-state index contributed by atoms with van der Waals surface area (Å²) in [5.41, 5.74) is 13.1. The first-order valence-electron chi connectivity index (χ1n) is 9.79. The maximum Gasteiger partial charge on any atom is 0.277 e. The Balaban J connectivity index is 1.58. The van der Waals surface area contributed by atoms with Crippen LogP contribution in [0, 0.1) is 5.82 Å². The Kier molecular flexibility index (Phi) is 5.69. The van der Waals surface area contributed by atoms with Crippen LogP contribution in [0.15, 0.2) is 30.5 Å². The monoisotopic (exact) mass is 429 g/mol. The minimum Gasteiger partial charge on any atom is -0.389 e. The van der Waals surface area contributed by atoms with Crippen LogP contribution in [0.25, 0.3) is 10.6 Å². The van der Waals surface area contributed by atoms with Gasteiger partial charge in [-0.25, -0.2) is 9.37 Å². The first kappa shape index (κ1) is 20.3. The Morgan fingerprint density at radius 2 is 2.10 bits per heavy atom. The number of halogens is 1. The Labute approximate surface area is 177 Å². The molecule has 1 saturated heterocycles. The zero-order chi connectivity index (χ0) is 21.3. The van der Waals surface area contributed by atoms with Gasteiger partial charge in [0.05, 0.1) is 6.20 Å². The lowest BCUT2D eigenvalue weighted by atomic mass is 10.1. The first-order valence-corrected chi connectivity index (χ1v) is 10.6. The molecule has 2 aromatic heterocycles. The van der Waals surface area contributed by atoms with Gasteiger partial charge in [0.15, 0.2) is 11.5 Å². The molecule has 8 nitrogen and oxygen atoms in total. The van der Waals surface area contributed by atoms with E-state index >= 15 is 0 Å². The number of nitrogens with one attached hydrogen (secondary N) is 1. The van der Waals surface area contributed by atoms with Crippen molar-refractivity contribution in [2.24, 2.45) is 12.8 Å². The highest BCUT2D eigenvalue weighted by atomic mass is 32.1. The van der Waals surface area contributed by atoms with Gasteiger partial charge in [0.2, 0.25) is 0 Å². The summed E-state index contributed by atoms with van der Waals surface area (Å²) in [6, 6.07) is 6.46. The summed E-state index contributed by atoms with van der Waals surface area (Å²) >= 11 is 1.08. The summed E-state index contributed by atoms with van der Waals surface area (Å²) in [5, 5.41) is 7.78. The summed E-state index contributed by atoms with van der Waals surface area (Å²) in [6.07, 6.45) is 4.44. The minimum atomic E-state index is -0.452. The SMILES string of the molecule is Cn1ncc(NC(=O)c2nc(-c3ccccc3F)sc2N)c1N1CCC[C@@H](N)CC1. The lowest BCUT2D eigenvalue weighted by Gasteiger charge is -2.24. The molecule has 5 N–H and O–H groups in total. The molecule has 1 fully saturated rings. The van der Waals surface area contributed by atoms with Crippen molar-refractivity contribution in [1.82, 2.24) is 14.8 Å². The van der Waals surface area contributed by atoms with E-state index in [1.165, 1.54) is 6.07 Å². The average molecular weight is 430 g/mol. The zero-order valence-electron chi connectivity index (χ0n) is 16.6. The van der Waals surface area contributed by atoms with Gasteiger partial charge in [0.25, 0.3) is 5.91 Å². The van der Waals surface area contributed by atoms with Crippen LogP contribution in [-0.2, 0) is 7.05 Å². The lowest BCUT2D eigenvalue weighted by molar-refractivity contribution is 0.102. The van der Waals surface area contributed by atoms with Crippen molar-refractivity contribution < 1.29 is 9.18 Å². The van der Waals surface area contributed by atoms with E-state index in [9.17, 15) is 9.18 Å². The summed E-state index contributed by atoms with van der Waals surface area (Å²) in [6.45, 7) is 1.63. The number of nitrogen functional groups attached to an aromatic ring is 1. The predicted molar refractivity (Wildman–Crippen MR) is 117 cm³/mol. The Morgan fingerprint density at radius 1 is 1.30 bits per heavy atom. The van der Waals surface area contributed by atoms with Gasteiger partial charge in [-0.2, -0.15) is 5.10 Å². The van der Waals surface area contributed by atoms with Gasteiger partial charge in [0.1, 0.15) is 21.5 Å². The number of hydrogen-bond acceptors (Lipinski definition) is 7. The first-order chi connectivity index (χ1) is 14.4. The second-order valence-electron chi connectivity index (χ2n) is 7.35. The largest absolute Gasteiger partial charge is 0.389 e. The van der Waals surface area contributed by atoms with Gasteiger partial charge in [-0.3, -0.25) is 9.48 Å². The molecule has 0 unspecified atom stereocenters. The average Bonchev–Trinajstić information content (AvgIpc) is 3.20. The third-order valence-corrected chi connectivity index (χ3v) is 6.12. The van der Waals surface area contributed by atoms with Crippen molar-refractivity contribution in [2.75, 3.05) is 29.0 Å². The normalized spacial score (nSPS) is 17.0. The van der Waals surface area contributed by atoms with E-state index < -0.39 is 11.7 Å².